The van der Waals surface area contributed by atoms with Crippen LogP contribution in [0.3, 0.4) is 0 Å². The highest BCUT2D eigenvalue weighted by Gasteiger charge is 2.48. The average molecular weight is 774 g/mol. The molecule has 0 fully saturated rings. The summed E-state index contributed by atoms with van der Waals surface area (Å²) in [6.07, 6.45) is 0. The summed E-state index contributed by atoms with van der Waals surface area (Å²) in [4.78, 5) is 15.2. The van der Waals surface area contributed by atoms with E-state index in [1.54, 1.807) is 0 Å². The van der Waals surface area contributed by atoms with Gasteiger partial charge in [0.25, 0.3) is 0 Å². The highest BCUT2D eigenvalue weighted by atomic mass is 28.3. The van der Waals surface area contributed by atoms with Crippen LogP contribution in [-0.2, 0) is 5.41 Å². The molecule has 0 unspecified atom stereocenters. The van der Waals surface area contributed by atoms with Gasteiger partial charge in [0.05, 0.1) is 13.5 Å². The molecule has 0 saturated carbocycles. The standard InChI is InChI=1S/C55H43N3Si/c1-59(2,3)45-35-33-38(34-36-45)46-29-18-32-49-50(46)48-31-17-30-47(51(48)55(49,43-25-12-6-13-26-43)44-27-14-7-15-28-44)41-23-16-24-42(37-41)54-57-52(39-19-8-4-9-20-39)56-53(58-54)40-21-10-5-11-22-40/h4-37H,1-3H3. The molecule has 1 aromatic heterocycles. The van der Waals surface area contributed by atoms with Crippen LogP contribution in [0.4, 0.5) is 0 Å². The van der Waals surface area contributed by atoms with Crippen molar-refractivity contribution in [3.05, 3.63) is 229 Å². The molecule has 59 heavy (non-hydrogen) atoms. The molecule has 0 N–H and O–H groups in total. The molecule has 0 spiro atoms. The number of aromatic nitrogens is 3. The molecule has 1 heterocycles. The van der Waals surface area contributed by atoms with Gasteiger partial charge in [0.15, 0.2) is 17.5 Å². The minimum absolute atomic E-state index is 0.595. The third kappa shape index (κ3) is 6.33. The van der Waals surface area contributed by atoms with E-state index in [4.69, 9.17) is 15.0 Å². The van der Waals surface area contributed by atoms with E-state index < -0.39 is 13.5 Å². The maximum Gasteiger partial charge on any atom is 0.164 e. The first kappa shape index (κ1) is 36.3. The molecular formula is C55H43N3Si. The number of hydrogen-bond acceptors (Lipinski definition) is 3. The molecule has 9 aromatic rings. The van der Waals surface area contributed by atoms with Gasteiger partial charge in [0.2, 0.25) is 0 Å². The summed E-state index contributed by atoms with van der Waals surface area (Å²) in [5.74, 6) is 1.93. The largest absolute Gasteiger partial charge is 0.208 e. The molecule has 0 bridgehead atoms. The summed E-state index contributed by atoms with van der Waals surface area (Å²) >= 11 is 0. The third-order valence-corrected chi connectivity index (χ3v) is 13.8. The van der Waals surface area contributed by atoms with E-state index in [-0.39, 0.29) is 0 Å². The fourth-order valence-electron chi connectivity index (χ4n) is 8.99. The van der Waals surface area contributed by atoms with Gasteiger partial charge in [-0.15, -0.1) is 0 Å². The van der Waals surface area contributed by atoms with E-state index in [1.807, 2.05) is 36.4 Å². The van der Waals surface area contributed by atoms with Crippen molar-refractivity contribution in [3.8, 4) is 67.5 Å². The Bertz CT molecular complexity index is 2840. The Hall–Kier alpha value is -7.01. The van der Waals surface area contributed by atoms with Crippen molar-refractivity contribution in [1.82, 2.24) is 15.0 Å². The van der Waals surface area contributed by atoms with Gasteiger partial charge in [-0.3, -0.25) is 0 Å². The van der Waals surface area contributed by atoms with Crippen LogP contribution < -0.4 is 5.19 Å². The summed E-state index contributed by atoms with van der Waals surface area (Å²) in [5, 5.41) is 1.46. The second kappa shape index (κ2) is 14.7. The molecule has 0 aliphatic heterocycles. The Morgan fingerprint density at radius 3 is 1.36 bits per heavy atom. The third-order valence-electron chi connectivity index (χ3n) is 11.8. The van der Waals surface area contributed by atoms with Crippen molar-refractivity contribution < 1.29 is 0 Å². The zero-order valence-corrected chi connectivity index (χ0v) is 34.5. The fourth-order valence-corrected chi connectivity index (χ4v) is 10.2. The number of fused-ring (bicyclic) bond motifs is 3. The molecule has 1 aliphatic rings. The van der Waals surface area contributed by atoms with Gasteiger partial charge in [0.1, 0.15) is 0 Å². The Balaban J connectivity index is 1.23. The first-order valence-corrected chi connectivity index (χ1v) is 23.9. The van der Waals surface area contributed by atoms with E-state index in [9.17, 15) is 0 Å². The minimum Gasteiger partial charge on any atom is -0.208 e. The van der Waals surface area contributed by atoms with Crippen LogP contribution in [0.5, 0.6) is 0 Å². The van der Waals surface area contributed by atoms with Gasteiger partial charge in [-0.05, 0) is 61.7 Å². The summed E-state index contributed by atoms with van der Waals surface area (Å²) in [7, 11) is -1.47. The second-order valence-electron chi connectivity index (χ2n) is 16.4. The first-order valence-electron chi connectivity index (χ1n) is 20.4. The van der Waals surface area contributed by atoms with Crippen LogP contribution in [0.25, 0.3) is 67.5 Å². The molecule has 0 radical (unpaired) electrons. The number of rotatable bonds is 8. The second-order valence-corrected chi connectivity index (χ2v) is 21.5. The number of hydrogen-bond donors (Lipinski definition) is 0. The number of nitrogens with zero attached hydrogens (tertiary/aromatic N) is 3. The maximum absolute atomic E-state index is 5.11. The van der Waals surface area contributed by atoms with Crippen LogP contribution in [0.15, 0.2) is 206 Å². The summed E-state index contributed by atoms with van der Waals surface area (Å²) in [6.45, 7) is 7.23. The van der Waals surface area contributed by atoms with Crippen LogP contribution in [0.2, 0.25) is 19.6 Å². The van der Waals surface area contributed by atoms with Gasteiger partial charge in [-0.25, -0.2) is 15.0 Å². The van der Waals surface area contributed by atoms with E-state index in [0.717, 1.165) is 22.3 Å². The van der Waals surface area contributed by atoms with Gasteiger partial charge in [-0.2, -0.15) is 0 Å². The van der Waals surface area contributed by atoms with Crippen molar-refractivity contribution in [3.63, 3.8) is 0 Å². The molecule has 0 atom stereocenters. The average Bonchev–Trinajstić information content (AvgIpc) is 3.61. The van der Waals surface area contributed by atoms with Crippen molar-refractivity contribution in [1.29, 1.82) is 0 Å². The lowest BCUT2D eigenvalue weighted by Gasteiger charge is -2.35. The summed E-state index contributed by atoms with van der Waals surface area (Å²) in [5.41, 5.74) is 14.6. The molecular weight excluding hydrogens is 731 g/mol. The normalized spacial score (nSPS) is 12.8. The van der Waals surface area contributed by atoms with Crippen molar-refractivity contribution in [2.24, 2.45) is 0 Å². The predicted molar refractivity (Wildman–Crippen MR) is 247 cm³/mol. The molecule has 0 saturated heterocycles. The first-order chi connectivity index (χ1) is 28.9. The van der Waals surface area contributed by atoms with Gasteiger partial charge < -0.3 is 0 Å². The van der Waals surface area contributed by atoms with Gasteiger partial charge in [-0.1, -0.05) is 225 Å². The zero-order chi connectivity index (χ0) is 40.0. The quantitative estimate of drug-likeness (QED) is 0.144. The van der Waals surface area contributed by atoms with E-state index in [1.165, 1.54) is 55.3 Å². The van der Waals surface area contributed by atoms with E-state index in [2.05, 4.69) is 189 Å². The maximum atomic E-state index is 5.11. The van der Waals surface area contributed by atoms with Crippen LogP contribution >= 0.6 is 0 Å². The molecule has 3 nitrogen and oxygen atoms in total. The van der Waals surface area contributed by atoms with Crippen molar-refractivity contribution in [2.45, 2.75) is 25.1 Å². The van der Waals surface area contributed by atoms with Crippen molar-refractivity contribution in [2.75, 3.05) is 0 Å². The zero-order valence-electron chi connectivity index (χ0n) is 33.5. The Morgan fingerprint density at radius 2 is 0.797 bits per heavy atom. The Morgan fingerprint density at radius 1 is 0.356 bits per heavy atom. The van der Waals surface area contributed by atoms with E-state index in [0.29, 0.717) is 17.5 Å². The highest BCUT2D eigenvalue weighted by Crippen LogP contribution is 2.60. The lowest BCUT2D eigenvalue weighted by Crippen LogP contribution is -2.37. The fraction of sp³-hybridized carbons (Fsp3) is 0.0727. The molecule has 0 amide bonds. The van der Waals surface area contributed by atoms with Gasteiger partial charge >= 0.3 is 0 Å². The van der Waals surface area contributed by atoms with Crippen LogP contribution in [0.1, 0.15) is 22.3 Å². The van der Waals surface area contributed by atoms with E-state index >= 15 is 0 Å². The summed E-state index contributed by atoms with van der Waals surface area (Å²) < 4.78 is 0. The molecule has 10 rings (SSSR count). The monoisotopic (exact) mass is 773 g/mol. The van der Waals surface area contributed by atoms with Crippen molar-refractivity contribution >= 4 is 13.3 Å². The molecule has 1 aliphatic carbocycles. The lowest BCUT2D eigenvalue weighted by atomic mass is 9.66. The van der Waals surface area contributed by atoms with Crippen LogP contribution in [0, 0.1) is 0 Å². The topological polar surface area (TPSA) is 38.7 Å². The highest BCUT2D eigenvalue weighted by molar-refractivity contribution is 6.88. The minimum atomic E-state index is -1.47. The molecule has 4 heteroatoms. The predicted octanol–water partition coefficient (Wildman–Crippen LogP) is 13.1. The summed E-state index contributed by atoms with van der Waals surface area (Å²) in [6, 6.07) is 74.4. The lowest BCUT2D eigenvalue weighted by molar-refractivity contribution is 0.770. The Kier molecular flexibility index (Phi) is 9.07. The molecule has 8 aromatic carbocycles. The number of benzene rings is 8. The Labute approximate surface area is 347 Å². The smallest absolute Gasteiger partial charge is 0.164 e. The van der Waals surface area contributed by atoms with Crippen LogP contribution in [-0.4, -0.2) is 23.0 Å². The molecule has 282 valence electrons. The van der Waals surface area contributed by atoms with Gasteiger partial charge in [0, 0.05) is 16.7 Å². The SMILES string of the molecule is C[Si](C)(C)c1ccc(-c2cccc3c2-c2cccc(-c4cccc(-c5nc(-c6ccccc6)nc(-c6ccccc6)n5)c4)c2C3(c2ccccc2)c2ccccc2)cc1.